The zero-order chi connectivity index (χ0) is 12.2. The summed E-state index contributed by atoms with van der Waals surface area (Å²) < 4.78 is 1.70. The van der Waals surface area contributed by atoms with E-state index in [2.05, 4.69) is 10.1 Å². The van der Waals surface area contributed by atoms with Crippen molar-refractivity contribution in [2.75, 3.05) is 6.54 Å². The molecule has 0 bridgehead atoms. The Kier molecular flexibility index (Phi) is 1.85. The number of rotatable bonds is 1. The van der Waals surface area contributed by atoms with Gasteiger partial charge >= 0.3 is 0 Å². The second-order valence-corrected chi connectivity index (χ2v) is 5.25. The van der Waals surface area contributed by atoms with Gasteiger partial charge in [0.05, 0.1) is 23.5 Å². The molecule has 18 heavy (non-hydrogen) atoms. The summed E-state index contributed by atoms with van der Waals surface area (Å²) in [5, 5.41) is 4.20. The highest BCUT2D eigenvalue weighted by Gasteiger charge is 2.51. The fourth-order valence-corrected chi connectivity index (χ4v) is 3.11. The first-order valence-electron chi connectivity index (χ1n) is 6.40. The van der Waals surface area contributed by atoms with Crippen LogP contribution in [0.3, 0.4) is 0 Å². The molecular weight excluding hydrogens is 228 g/mol. The lowest BCUT2D eigenvalue weighted by molar-refractivity contribution is -0.0486. The molecule has 3 heterocycles. The Labute approximate surface area is 104 Å². The summed E-state index contributed by atoms with van der Waals surface area (Å²) in [7, 11) is 0. The maximum Gasteiger partial charge on any atom is 0.258 e. The summed E-state index contributed by atoms with van der Waals surface area (Å²) >= 11 is 0. The highest BCUT2D eigenvalue weighted by molar-refractivity contribution is 6.01. The average molecular weight is 242 g/mol. The van der Waals surface area contributed by atoms with Crippen LogP contribution in [0.15, 0.2) is 24.8 Å². The summed E-state index contributed by atoms with van der Waals surface area (Å²) in [4.78, 5) is 18.7. The molecule has 5 heteroatoms. The second-order valence-electron chi connectivity index (χ2n) is 5.25. The van der Waals surface area contributed by atoms with Crippen LogP contribution >= 0.6 is 0 Å². The van der Waals surface area contributed by atoms with Gasteiger partial charge in [-0.15, -0.1) is 0 Å². The highest BCUT2D eigenvalue weighted by Crippen LogP contribution is 2.47. The predicted octanol–water partition coefficient (Wildman–Crippen LogP) is 1.50. The van der Waals surface area contributed by atoms with E-state index in [9.17, 15) is 4.79 Å². The number of carbonyl (C=O) groups excluding carboxylic acids is 1. The van der Waals surface area contributed by atoms with Gasteiger partial charge in [0.25, 0.3) is 5.91 Å². The summed E-state index contributed by atoms with van der Waals surface area (Å²) in [6.45, 7) is 0.885. The zero-order valence-electron chi connectivity index (χ0n) is 10.0. The average Bonchev–Trinajstić information content (AvgIpc) is 2.69. The number of hydrogen-bond acceptors (Lipinski definition) is 3. The molecule has 2 aromatic heterocycles. The molecule has 0 unspecified atom stereocenters. The van der Waals surface area contributed by atoms with Crippen LogP contribution in [0, 0.1) is 0 Å². The summed E-state index contributed by atoms with van der Waals surface area (Å²) in [5.41, 5.74) is 1.66. The number of aromatic nitrogens is 3. The SMILES string of the molecule is O=C(c1cnn2ccncc12)N1CCC12CCC2. The second kappa shape index (κ2) is 3.31. The predicted molar refractivity (Wildman–Crippen MR) is 65.2 cm³/mol. The Morgan fingerprint density at radius 1 is 1.28 bits per heavy atom. The molecule has 1 aliphatic carbocycles. The first kappa shape index (κ1) is 10.1. The Morgan fingerprint density at radius 2 is 2.17 bits per heavy atom. The fourth-order valence-electron chi connectivity index (χ4n) is 3.11. The van der Waals surface area contributed by atoms with Crippen molar-refractivity contribution in [3.8, 4) is 0 Å². The van der Waals surface area contributed by atoms with Crippen LogP contribution in [0.5, 0.6) is 0 Å². The van der Waals surface area contributed by atoms with Gasteiger partial charge in [-0.05, 0) is 25.7 Å². The quantitative estimate of drug-likeness (QED) is 0.761. The van der Waals surface area contributed by atoms with Crippen LogP contribution in [0.1, 0.15) is 36.0 Å². The van der Waals surface area contributed by atoms with E-state index in [1.807, 2.05) is 4.90 Å². The molecule has 0 radical (unpaired) electrons. The Morgan fingerprint density at radius 3 is 2.83 bits per heavy atom. The molecule has 1 spiro atoms. The molecule has 2 aliphatic rings. The minimum Gasteiger partial charge on any atom is -0.333 e. The number of fused-ring (bicyclic) bond motifs is 1. The molecule has 92 valence electrons. The van der Waals surface area contributed by atoms with Crippen LogP contribution in [0.25, 0.3) is 5.52 Å². The van der Waals surface area contributed by atoms with Crippen LogP contribution in [0.2, 0.25) is 0 Å². The van der Waals surface area contributed by atoms with E-state index >= 15 is 0 Å². The monoisotopic (exact) mass is 242 g/mol. The third kappa shape index (κ3) is 1.14. The van der Waals surface area contributed by atoms with Gasteiger partial charge in [0.1, 0.15) is 0 Å². The number of likely N-dealkylation sites (tertiary alicyclic amines) is 1. The van der Waals surface area contributed by atoms with E-state index in [1.54, 1.807) is 29.3 Å². The van der Waals surface area contributed by atoms with Gasteiger partial charge in [0.2, 0.25) is 0 Å². The van der Waals surface area contributed by atoms with Gasteiger partial charge < -0.3 is 4.90 Å². The van der Waals surface area contributed by atoms with E-state index in [4.69, 9.17) is 0 Å². The standard InChI is InChI=1S/C13H14N4O/c18-12(16-6-4-13(16)2-1-3-13)10-8-15-17-7-5-14-9-11(10)17/h5,7-9H,1-4,6H2. The molecule has 5 nitrogen and oxygen atoms in total. The van der Waals surface area contributed by atoms with E-state index in [0.29, 0.717) is 5.56 Å². The van der Waals surface area contributed by atoms with E-state index in [1.165, 1.54) is 6.42 Å². The lowest BCUT2D eigenvalue weighted by Gasteiger charge is -2.58. The fraction of sp³-hybridized carbons (Fsp3) is 0.462. The molecule has 0 atom stereocenters. The van der Waals surface area contributed by atoms with Crippen molar-refractivity contribution in [3.63, 3.8) is 0 Å². The molecule has 2 fully saturated rings. The number of nitrogens with zero attached hydrogens (tertiary/aromatic N) is 4. The topological polar surface area (TPSA) is 50.5 Å². The van der Waals surface area contributed by atoms with Crippen LogP contribution < -0.4 is 0 Å². The van der Waals surface area contributed by atoms with E-state index < -0.39 is 0 Å². The van der Waals surface area contributed by atoms with Crippen molar-refractivity contribution in [3.05, 3.63) is 30.4 Å². The lowest BCUT2D eigenvalue weighted by atomic mass is 9.67. The van der Waals surface area contributed by atoms with Crippen molar-refractivity contribution >= 4 is 11.4 Å². The van der Waals surface area contributed by atoms with Crippen molar-refractivity contribution in [2.24, 2.45) is 0 Å². The molecule has 1 aliphatic heterocycles. The molecular formula is C13H14N4O. The van der Waals surface area contributed by atoms with Gasteiger partial charge in [0.15, 0.2) is 0 Å². The first-order chi connectivity index (χ1) is 8.80. The molecule has 0 N–H and O–H groups in total. The maximum absolute atomic E-state index is 12.6. The largest absolute Gasteiger partial charge is 0.333 e. The molecule has 1 saturated carbocycles. The first-order valence-corrected chi connectivity index (χ1v) is 6.40. The Balaban J connectivity index is 1.72. The Bertz CT molecular complexity index is 623. The number of amides is 1. The van der Waals surface area contributed by atoms with Crippen LogP contribution in [-0.2, 0) is 0 Å². The van der Waals surface area contributed by atoms with Crippen molar-refractivity contribution < 1.29 is 4.79 Å². The van der Waals surface area contributed by atoms with E-state index in [0.717, 1.165) is 31.3 Å². The molecule has 4 rings (SSSR count). The van der Waals surface area contributed by atoms with Crippen LogP contribution in [-0.4, -0.2) is 37.5 Å². The van der Waals surface area contributed by atoms with Gasteiger partial charge in [-0.2, -0.15) is 5.10 Å². The number of carbonyl (C=O) groups is 1. The molecule has 1 amide bonds. The summed E-state index contributed by atoms with van der Waals surface area (Å²) in [6.07, 6.45) is 11.5. The highest BCUT2D eigenvalue weighted by atomic mass is 16.2. The smallest absolute Gasteiger partial charge is 0.258 e. The minimum absolute atomic E-state index is 0.115. The molecule has 0 aromatic carbocycles. The van der Waals surface area contributed by atoms with Gasteiger partial charge in [-0.1, -0.05) is 0 Å². The lowest BCUT2D eigenvalue weighted by Crippen LogP contribution is -2.65. The Hall–Kier alpha value is -1.91. The third-order valence-corrected chi connectivity index (χ3v) is 4.46. The molecule has 2 aromatic rings. The maximum atomic E-state index is 12.6. The van der Waals surface area contributed by atoms with Gasteiger partial charge in [-0.3, -0.25) is 9.78 Å². The van der Waals surface area contributed by atoms with Gasteiger partial charge in [-0.25, -0.2) is 4.52 Å². The summed E-state index contributed by atoms with van der Waals surface area (Å²) in [6, 6.07) is 0. The third-order valence-electron chi connectivity index (χ3n) is 4.46. The number of hydrogen-bond donors (Lipinski definition) is 0. The normalized spacial score (nSPS) is 20.8. The van der Waals surface area contributed by atoms with E-state index in [-0.39, 0.29) is 11.4 Å². The summed E-state index contributed by atoms with van der Waals surface area (Å²) in [5.74, 6) is 0.115. The van der Waals surface area contributed by atoms with Crippen molar-refractivity contribution in [1.29, 1.82) is 0 Å². The van der Waals surface area contributed by atoms with Gasteiger partial charge in [0, 0.05) is 24.5 Å². The molecule has 1 saturated heterocycles. The van der Waals surface area contributed by atoms with Crippen LogP contribution in [0.4, 0.5) is 0 Å². The van der Waals surface area contributed by atoms with Crippen molar-refractivity contribution in [2.45, 2.75) is 31.2 Å². The zero-order valence-corrected chi connectivity index (χ0v) is 10.0. The van der Waals surface area contributed by atoms with Crippen molar-refractivity contribution in [1.82, 2.24) is 19.5 Å². The minimum atomic E-state index is 0.115.